The number of hydrogen-bond acceptors (Lipinski definition) is 3. The predicted molar refractivity (Wildman–Crippen MR) is 61.6 cm³/mol. The van der Waals surface area contributed by atoms with Crippen LogP contribution >= 0.6 is 0 Å². The molecule has 1 atom stereocenters. The summed E-state index contributed by atoms with van der Waals surface area (Å²) in [7, 11) is 0. The van der Waals surface area contributed by atoms with Crippen molar-refractivity contribution in [1.29, 1.82) is 0 Å². The summed E-state index contributed by atoms with van der Waals surface area (Å²) in [6.07, 6.45) is -4.71. The van der Waals surface area contributed by atoms with Crippen molar-refractivity contribution < 1.29 is 27.5 Å². The minimum atomic E-state index is -4.93. The van der Waals surface area contributed by atoms with E-state index in [0.29, 0.717) is 12.8 Å². The number of ketones is 1. The number of amides is 1. The Hall–Kier alpha value is -1.27. The molecule has 0 spiro atoms. The largest absolute Gasteiger partial charge is 0.452 e. The Morgan fingerprint density at radius 2 is 1.74 bits per heavy atom. The fourth-order valence-electron chi connectivity index (χ4n) is 1.93. The lowest BCUT2D eigenvalue weighted by atomic mass is 9.98. The van der Waals surface area contributed by atoms with Crippen LogP contribution in [0.5, 0.6) is 0 Å². The van der Waals surface area contributed by atoms with Gasteiger partial charge in [-0.2, -0.15) is 13.2 Å². The zero-order chi connectivity index (χ0) is 14.8. The molecule has 0 bridgehead atoms. The van der Waals surface area contributed by atoms with Crippen molar-refractivity contribution in [3.63, 3.8) is 0 Å². The molecule has 110 valence electrons. The first-order valence-electron chi connectivity index (χ1n) is 6.13. The summed E-state index contributed by atoms with van der Waals surface area (Å²) in [5, 5.41) is 0. The smallest absolute Gasteiger partial charge is 0.444 e. The second-order valence-electron chi connectivity index (χ2n) is 5.55. The number of hydrogen-bond donors (Lipinski definition) is 0. The average molecular weight is 281 g/mol. The van der Waals surface area contributed by atoms with E-state index in [1.807, 2.05) is 0 Å². The first kappa shape index (κ1) is 15.8. The van der Waals surface area contributed by atoms with Gasteiger partial charge in [-0.1, -0.05) is 0 Å². The van der Waals surface area contributed by atoms with Crippen LogP contribution in [0.1, 0.15) is 40.0 Å². The van der Waals surface area contributed by atoms with E-state index in [1.54, 1.807) is 20.8 Å². The lowest BCUT2D eigenvalue weighted by molar-refractivity contribution is -0.177. The Bertz CT molecular complexity index is 360. The topological polar surface area (TPSA) is 46.6 Å². The first-order chi connectivity index (χ1) is 8.52. The Kier molecular flexibility index (Phi) is 4.47. The van der Waals surface area contributed by atoms with E-state index in [4.69, 9.17) is 4.74 Å². The van der Waals surface area contributed by atoms with Crippen LogP contribution in [-0.4, -0.2) is 41.1 Å². The van der Waals surface area contributed by atoms with Gasteiger partial charge in [-0.25, -0.2) is 4.79 Å². The van der Waals surface area contributed by atoms with Crippen molar-refractivity contribution in [3.8, 4) is 0 Å². The van der Waals surface area contributed by atoms with Crippen LogP contribution in [0, 0.1) is 0 Å². The number of Topliss-reactive ketones (excluding diaryl/α,β-unsaturated/α-hetero) is 1. The molecule has 0 aromatic carbocycles. The molecular weight excluding hydrogens is 263 g/mol. The number of nitrogens with zero attached hydrogens (tertiary/aromatic N) is 1. The molecule has 1 fully saturated rings. The molecule has 1 amide bonds. The average Bonchev–Trinajstić information content (AvgIpc) is 2.24. The van der Waals surface area contributed by atoms with E-state index >= 15 is 0 Å². The fraction of sp³-hybridized carbons (Fsp3) is 0.833. The van der Waals surface area contributed by atoms with E-state index < -0.39 is 29.7 Å². The van der Waals surface area contributed by atoms with Gasteiger partial charge >= 0.3 is 12.3 Å². The van der Waals surface area contributed by atoms with Gasteiger partial charge < -0.3 is 4.74 Å². The first-order valence-corrected chi connectivity index (χ1v) is 6.13. The van der Waals surface area contributed by atoms with E-state index in [9.17, 15) is 22.8 Å². The number of carbonyl (C=O) groups is 2. The molecule has 1 heterocycles. The molecule has 0 aromatic rings. The molecule has 0 aliphatic carbocycles. The van der Waals surface area contributed by atoms with Gasteiger partial charge in [-0.3, -0.25) is 9.69 Å². The zero-order valence-corrected chi connectivity index (χ0v) is 11.2. The summed E-state index contributed by atoms with van der Waals surface area (Å²) in [6.45, 7) is 4.97. The highest BCUT2D eigenvalue weighted by atomic mass is 19.4. The normalized spacial score (nSPS) is 21.2. The quantitative estimate of drug-likeness (QED) is 0.742. The highest BCUT2D eigenvalue weighted by Gasteiger charge is 2.47. The van der Waals surface area contributed by atoms with Crippen LogP contribution in [0.25, 0.3) is 0 Å². The number of piperidine rings is 1. The summed E-state index contributed by atoms with van der Waals surface area (Å²) in [5.74, 6) is -1.88. The van der Waals surface area contributed by atoms with E-state index in [-0.39, 0.29) is 13.0 Å². The number of alkyl halides is 3. The van der Waals surface area contributed by atoms with Crippen molar-refractivity contribution in [2.45, 2.75) is 57.9 Å². The van der Waals surface area contributed by atoms with Gasteiger partial charge in [0.25, 0.3) is 5.78 Å². The monoisotopic (exact) mass is 281 g/mol. The maximum absolute atomic E-state index is 12.5. The van der Waals surface area contributed by atoms with Gasteiger partial charge in [-0.05, 0) is 40.0 Å². The maximum Gasteiger partial charge on any atom is 0.452 e. The molecule has 0 unspecified atom stereocenters. The minimum absolute atomic E-state index is 0.0254. The Morgan fingerprint density at radius 3 is 2.21 bits per heavy atom. The summed E-state index contributed by atoms with van der Waals surface area (Å²) in [6, 6.07) is -1.45. The molecule has 7 heteroatoms. The molecule has 0 aromatic heterocycles. The van der Waals surface area contributed by atoms with Crippen LogP contribution in [0.15, 0.2) is 0 Å². The van der Waals surface area contributed by atoms with Crippen LogP contribution in [-0.2, 0) is 9.53 Å². The number of halogens is 3. The SMILES string of the molecule is CC(C)(C)OC(=O)N1CCCC[C@@H]1C(=O)C(F)(F)F. The lowest BCUT2D eigenvalue weighted by Gasteiger charge is -2.35. The Labute approximate surface area is 109 Å². The molecule has 1 saturated heterocycles. The summed E-state index contributed by atoms with van der Waals surface area (Å²) >= 11 is 0. The van der Waals surface area contributed by atoms with E-state index in [2.05, 4.69) is 0 Å². The van der Waals surface area contributed by atoms with Crippen LogP contribution in [0.4, 0.5) is 18.0 Å². The fourth-order valence-corrected chi connectivity index (χ4v) is 1.93. The molecule has 0 saturated carbocycles. The minimum Gasteiger partial charge on any atom is -0.444 e. The van der Waals surface area contributed by atoms with Crippen molar-refractivity contribution in [2.24, 2.45) is 0 Å². The maximum atomic E-state index is 12.5. The summed E-state index contributed by atoms with van der Waals surface area (Å²) < 4.78 is 42.5. The number of ether oxygens (including phenoxy) is 1. The van der Waals surface area contributed by atoms with Gasteiger partial charge in [-0.15, -0.1) is 0 Å². The molecule has 0 N–H and O–H groups in total. The van der Waals surface area contributed by atoms with Crippen molar-refractivity contribution in [3.05, 3.63) is 0 Å². The van der Waals surface area contributed by atoms with Crippen molar-refractivity contribution in [1.82, 2.24) is 4.90 Å². The number of likely N-dealkylation sites (tertiary alicyclic amines) is 1. The molecule has 4 nitrogen and oxygen atoms in total. The molecule has 1 rings (SSSR count). The second-order valence-corrected chi connectivity index (χ2v) is 5.55. The van der Waals surface area contributed by atoms with Gasteiger partial charge in [0.2, 0.25) is 0 Å². The summed E-state index contributed by atoms with van der Waals surface area (Å²) in [4.78, 5) is 24.1. The van der Waals surface area contributed by atoms with E-state index in [0.717, 1.165) is 4.90 Å². The predicted octanol–water partition coefficient (Wildman–Crippen LogP) is 2.91. The number of rotatable bonds is 1. The van der Waals surface area contributed by atoms with Gasteiger partial charge in [0, 0.05) is 6.54 Å². The Balaban J connectivity index is 2.84. The third-order valence-corrected chi connectivity index (χ3v) is 2.71. The van der Waals surface area contributed by atoms with Crippen LogP contribution in [0.3, 0.4) is 0 Å². The lowest BCUT2D eigenvalue weighted by Crippen LogP contribution is -2.53. The van der Waals surface area contributed by atoms with Crippen molar-refractivity contribution >= 4 is 11.9 Å². The number of carbonyl (C=O) groups excluding carboxylic acids is 2. The highest BCUT2D eigenvalue weighted by Crippen LogP contribution is 2.27. The molecule has 1 aliphatic heterocycles. The van der Waals surface area contributed by atoms with Gasteiger partial charge in [0.1, 0.15) is 11.6 Å². The second kappa shape index (κ2) is 5.38. The van der Waals surface area contributed by atoms with Crippen molar-refractivity contribution in [2.75, 3.05) is 6.54 Å². The summed E-state index contributed by atoms with van der Waals surface area (Å²) in [5.41, 5.74) is -0.805. The zero-order valence-electron chi connectivity index (χ0n) is 11.2. The third kappa shape index (κ3) is 4.40. The molecular formula is C12H18F3NO3. The van der Waals surface area contributed by atoms with Gasteiger partial charge in [0.15, 0.2) is 0 Å². The van der Waals surface area contributed by atoms with E-state index in [1.165, 1.54) is 0 Å². The highest BCUT2D eigenvalue weighted by molar-refractivity contribution is 5.91. The van der Waals surface area contributed by atoms with Crippen LogP contribution in [0.2, 0.25) is 0 Å². The Morgan fingerprint density at radius 1 is 1.16 bits per heavy atom. The van der Waals surface area contributed by atoms with Crippen LogP contribution < -0.4 is 0 Å². The molecule has 1 aliphatic rings. The third-order valence-electron chi connectivity index (χ3n) is 2.71. The molecule has 19 heavy (non-hydrogen) atoms. The molecule has 0 radical (unpaired) electrons. The van der Waals surface area contributed by atoms with Gasteiger partial charge in [0.05, 0.1) is 0 Å². The standard InChI is InChI=1S/C12H18F3NO3/c1-11(2,3)19-10(18)16-7-5-4-6-8(16)9(17)12(13,14)15/h8H,4-7H2,1-3H3/t8-/m1/s1.